The Hall–Kier alpha value is -3.00. The summed E-state index contributed by atoms with van der Waals surface area (Å²) in [5, 5.41) is 8.02. The van der Waals surface area contributed by atoms with Crippen molar-refractivity contribution >= 4 is 15.7 Å². The van der Waals surface area contributed by atoms with Crippen LogP contribution in [0, 0.1) is 5.82 Å². The first-order valence-electron chi connectivity index (χ1n) is 7.84. The van der Waals surface area contributed by atoms with Gasteiger partial charge in [0.1, 0.15) is 10.7 Å². The summed E-state index contributed by atoms with van der Waals surface area (Å²) in [6.45, 7) is 2.36. The fraction of sp³-hybridized carbons (Fsp3) is 0.111. The van der Waals surface area contributed by atoms with Gasteiger partial charge in [0.05, 0.1) is 12.3 Å². The molecule has 0 aliphatic rings. The lowest BCUT2D eigenvalue weighted by Crippen LogP contribution is -2.14. The SMILES string of the molecule is CCOc1ccc(-c2ccc(NS(=O)(=O)c3ccccc3F)cc2)nn1. The van der Waals surface area contributed by atoms with E-state index >= 15 is 0 Å². The summed E-state index contributed by atoms with van der Waals surface area (Å²) >= 11 is 0. The standard InChI is InChI=1S/C18H16FN3O3S/c1-2-25-18-12-11-16(20-21-18)13-7-9-14(10-8-13)22-26(23,24)17-6-4-3-5-15(17)19/h3-12,22H,2H2,1H3. The molecule has 1 aromatic heterocycles. The van der Waals surface area contributed by atoms with Crippen LogP contribution in [0.5, 0.6) is 5.88 Å². The van der Waals surface area contributed by atoms with Crippen LogP contribution < -0.4 is 9.46 Å². The minimum Gasteiger partial charge on any atom is -0.477 e. The first-order chi connectivity index (χ1) is 12.5. The highest BCUT2D eigenvalue weighted by molar-refractivity contribution is 7.92. The zero-order valence-electron chi connectivity index (χ0n) is 13.9. The van der Waals surface area contributed by atoms with E-state index in [1.54, 1.807) is 36.4 Å². The molecule has 6 nitrogen and oxygen atoms in total. The Morgan fingerprint density at radius 2 is 1.73 bits per heavy atom. The van der Waals surface area contributed by atoms with Crippen molar-refractivity contribution in [3.63, 3.8) is 0 Å². The van der Waals surface area contributed by atoms with Crippen molar-refractivity contribution in [1.82, 2.24) is 10.2 Å². The molecule has 2 aromatic carbocycles. The third kappa shape index (κ3) is 3.97. The quantitative estimate of drug-likeness (QED) is 0.715. The Kier molecular flexibility index (Phi) is 5.13. The smallest absolute Gasteiger partial charge is 0.264 e. The second kappa shape index (κ2) is 7.49. The maximum absolute atomic E-state index is 13.7. The molecular weight excluding hydrogens is 357 g/mol. The molecule has 0 aliphatic carbocycles. The van der Waals surface area contributed by atoms with Gasteiger partial charge in [-0.1, -0.05) is 24.3 Å². The van der Waals surface area contributed by atoms with Gasteiger partial charge in [-0.3, -0.25) is 4.72 Å². The van der Waals surface area contributed by atoms with E-state index in [0.29, 0.717) is 23.9 Å². The number of hydrogen-bond donors (Lipinski definition) is 1. The second-order valence-electron chi connectivity index (χ2n) is 5.30. The highest BCUT2D eigenvalue weighted by atomic mass is 32.2. The van der Waals surface area contributed by atoms with Gasteiger partial charge < -0.3 is 4.74 Å². The van der Waals surface area contributed by atoms with Crippen LogP contribution in [0.1, 0.15) is 6.92 Å². The number of rotatable bonds is 6. The lowest BCUT2D eigenvalue weighted by Gasteiger charge is -2.09. The number of benzene rings is 2. The van der Waals surface area contributed by atoms with Crippen LogP contribution >= 0.6 is 0 Å². The fourth-order valence-corrected chi connectivity index (χ4v) is 3.42. The van der Waals surface area contributed by atoms with Gasteiger partial charge in [-0.25, -0.2) is 12.8 Å². The number of anilines is 1. The molecule has 26 heavy (non-hydrogen) atoms. The van der Waals surface area contributed by atoms with Crippen molar-refractivity contribution < 1.29 is 17.5 Å². The Labute approximate surface area is 150 Å². The maximum atomic E-state index is 13.7. The molecule has 0 radical (unpaired) electrons. The molecule has 1 N–H and O–H groups in total. The van der Waals surface area contributed by atoms with Crippen molar-refractivity contribution in [2.24, 2.45) is 0 Å². The normalized spacial score (nSPS) is 11.2. The number of hydrogen-bond acceptors (Lipinski definition) is 5. The van der Waals surface area contributed by atoms with E-state index in [-0.39, 0.29) is 0 Å². The van der Waals surface area contributed by atoms with Gasteiger partial charge in [0.15, 0.2) is 0 Å². The molecule has 134 valence electrons. The molecule has 0 unspecified atom stereocenters. The summed E-state index contributed by atoms with van der Waals surface area (Å²) in [5.41, 5.74) is 1.70. The summed E-state index contributed by atoms with van der Waals surface area (Å²) < 4.78 is 45.9. The summed E-state index contributed by atoms with van der Waals surface area (Å²) in [5.74, 6) is -0.369. The number of nitrogens with one attached hydrogen (secondary N) is 1. The number of ether oxygens (including phenoxy) is 1. The summed E-state index contributed by atoms with van der Waals surface area (Å²) in [4.78, 5) is -0.401. The van der Waals surface area contributed by atoms with Crippen LogP contribution in [0.2, 0.25) is 0 Å². The lowest BCUT2D eigenvalue weighted by molar-refractivity contribution is 0.323. The van der Waals surface area contributed by atoms with Crippen molar-refractivity contribution in [2.75, 3.05) is 11.3 Å². The number of aromatic nitrogens is 2. The van der Waals surface area contributed by atoms with Crippen molar-refractivity contribution in [1.29, 1.82) is 0 Å². The fourth-order valence-electron chi connectivity index (χ4n) is 2.28. The summed E-state index contributed by atoms with van der Waals surface area (Å²) in [6, 6.07) is 15.2. The van der Waals surface area contributed by atoms with Gasteiger partial charge >= 0.3 is 0 Å². The molecule has 3 rings (SSSR count). The van der Waals surface area contributed by atoms with E-state index in [2.05, 4.69) is 14.9 Å². The van der Waals surface area contributed by atoms with Crippen LogP contribution in [0.25, 0.3) is 11.3 Å². The third-order valence-electron chi connectivity index (χ3n) is 3.49. The first kappa shape index (κ1) is 17.8. The number of nitrogens with zero attached hydrogens (tertiary/aromatic N) is 2. The minimum absolute atomic E-state index is 0.316. The van der Waals surface area contributed by atoms with E-state index in [1.807, 2.05) is 6.92 Å². The molecule has 0 saturated carbocycles. The van der Waals surface area contributed by atoms with E-state index in [0.717, 1.165) is 11.6 Å². The average Bonchev–Trinajstić information content (AvgIpc) is 2.63. The van der Waals surface area contributed by atoms with Crippen LogP contribution in [0.4, 0.5) is 10.1 Å². The van der Waals surface area contributed by atoms with E-state index < -0.39 is 20.7 Å². The zero-order chi connectivity index (χ0) is 18.6. The average molecular weight is 373 g/mol. The van der Waals surface area contributed by atoms with Crippen molar-refractivity contribution in [3.05, 3.63) is 66.5 Å². The van der Waals surface area contributed by atoms with Gasteiger partial charge in [-0.2, -0.15) is 0 Å². The topological polar surface area (TPSA) is 81.2 Å². The Morgan fingerprint density at radius 3 is 2.35 bits per heavy atom. The zero-order valence-corrected chi connectivity index (χ0v) is 14.7. The Morgan fingerprint density at radius 1 is 1.00 bits per heavy atom. The molecule has 0 saturated heterocycles. The molecule has 0 amide bonds. The van der Waals surface area contributed by atoms with Crippen molar-refractivity contribution in [2.45, 2.75) is 11.8 Å². The van der Waals surface area contributed by atoms with E-state index in [9.17, 15) is 12.8 Å². The predicted molar refractivity (Wildman–Crippen MR) is 95.8 cm³/mol. The van der Waals surface area contributed by atoms with E-state index in [1.165, 1.54) is 18.2 Å². The maximum Gasteiger partial charge on any atom is 0.264 e. The van der Waals surface area contributed by atoms with Crippen LogP contribution in [-0.2, 0) is 10.0 Å². The largest absolute Gasteiger partial charge is 0.477 e. The van der Waals surface area contributed by atoms with Gasteiger partial charge in [-0.15, -0.1) is 10.2 Å². The molecule has 8 heteroatoms. The van der Waals surface area contributed by atoms with Crippen LogP contribution in [0.15, 0.2) is 65.6 Å². The molecule has 0 aliphatic heterocycles. The molecule has 3 aromatic rings. The summed E-state index contributed by atoms with van der Waals surface area (Å²) in [6.07, 6.45) is 0. The van der Waals surface area contributed by atoms with E-state index in [4.69, 9.17) is 4.74 Å². The highest BCUT2D eigenvalue weighted by Crippen LogP contribution is 2.23. The predicted octanol–water partition coefficient (Wildman–Crippen LogP) is 3.48. The minimum atomic E-state index is -4.00. The number of sulfonamides is 1. The molecule has 0 atom stereocenters. The lowest BCUT2D eigenvalue weighted by atomic mass is 10.1. The first-order valence-corrected chi connectivity index (χ1v) is 9.32. The number of halogens is 1. The second-order valence-corrected chi connectivity index (χ2v) is 6.95. The van der Waals surface area contributed by atoms with Gasteiger partial charge in [0, 0.05) is 17.3 Å². The third-order valence-corrected chi connectivity index (χ3v) is 4.91. The molecular formula is C18H16FN3O3S. The monoisotopic (exact) mass is 373 g/mol. The van der Waals surface area contributed by atoms with Gasteiger partial charge in [0.25, 0.3) is 10.0 Å². The Balaban J connectivity index is 1.78. The highest BCUT2D eigenvalue weighted by Gasteiger charge is 2.18. The van der Waals surface area contributed by atoms with Gasteiger partial charge in [-0.05, 0) is 37.3 Å². The molecule has 0 bridgehead atoms. The molecule has 0 fully saturated rings. The van der Waals surface area contributed by atoms with Gasteiger partial charge in [0.2, 0.25) is 5.88 Å². The Bertz CT molecular complexity index is 991. The molecule has 1 heterocycles. The molecule has 0 spiro atoms. The van der Waals surface area contributed by atoms with Crippen LogP contribution in [-0.4, -0.2) is 25.2 Å². The summed E-state index contributed by atoms with van der Waals surface area (Å²) in [7, 11) is -4.00. The van der Waals surface area contributed by atoms with Crippen molar-refractivity contribution in [3.8, 4) is 17.1 Å². The van der Waals surface area contributed by atoms with Crippen LogP contribution in [0.3, 0.4) is 0 Å².